The molecule has 8 heteroatoms. The molecule has 0 bridgehead atoms. The summed E-state index contributed by atoms with van der Waals surface area (Å²) >= 11 is 24.7. The smallest absolute Gasteiger partial charge is 0.243 e. The van der Waals surface area contributed by atoms with Gasteiger partial charge in [0.15, 0.2) is 0 Å². The summed E-state index contributed by atoms with van der Waals surface area (Å²) in [6.07, 6.45) is 4.55. The molecular weight excluding hydrogens is 550 g/mol. The molecule has 1 aliphatic rings. The second-order valence-corrected chi connectivity index (χ2v) is 11.0. The van der Waals surface area contributed by atoms with Gasteiger partial charge in [0.2, 0.25) is 11.8 Å². The highest BCUT2D eigenvalue weighted by Gasteiger charge is 2.32. The highest BCUT2D eigenvalue weighted by Crippen LogP contribution is 2.26. The zero-order valence-corrected chi connectivity index (χ0v) is 23.3. The molecule has 0 aromatic heterocycles. The van der Waals surface area contributed by atoms with Crippen molar-refractivity contribution in [3.63, 3.8) is 0 Å². The molecule has 1 saturated carbocycles. The molecule has 2 amide bonds. The summed E-state index contributed by atoms with van der Waals surface area (Å²) in [6.45, 7) is 0.201. The van der Waals surface area contributed by atoms with Crippen LogP contribution in [-0.2, 0) is 29.0 Å². The summed E-state index contributed by atoms with van der Waals surface area (Å²) < 4.78 is 0. The second-order valence-electron chi connectivity index (χ2n) is 9.39. The van der Waals surface area contributed by atoms with Crippen molar-refractivity contribution < 1.29 is 9.59 Å². The highest BCUT2D eigenvalue weighted by atomic mass is 35.5. The normalized spacial score (nSPS) is 14.4. The van der Waals surface area contributed by atoms with E-state index in [0.29, 0.717) is 32.1 Å². The number of nitrogens with one attached hydrogen (secondary N) is 1. The molecule has 3 aromatic carbocycles. The summed E-state index contributed by atoms with van der Waals surface area (Å²) in [7, 11) is 0. The van der Waals surface area contributed by atoms with Gasteiger partial charge in [-0.2, -0.15) is 0 Å². The quantitative estimate of drug-likeness (QED) is 0.285. The van der Waals surface area contributed by atoms with Gasteiger partial charge in [-0.15, -0.1) is 0 Å². The maximum Gasteiger partial charge on any atom is 0.243 e. The van der Waals surface area contributed by atoms with Crippen LogP contribution in [0.2, 0.25) is 20.1 Å². The van der Waals surface area contributed by atoms with Crippen LogP contribution in [0, 0.1) is 0 Å². The third kappa shape index (κ3) is 7.64. The van der Waals surface area contributed by atoms with E-state index in [-0.39, 0.29) is 30.8 Å². The standard InChI is InChI=1S/C29H28Cl4N2O2/c30-23-12-10-20(14-25(23)32)17-28(36)35(18-21-11-13-24(31)26(33)15-21)27(16-19-6-2-1-3-7-19)29(37)34-22-8-4-5-9-22/h1-3,6-7,10-15,22,27H,4-5,8-9,16-18H2,(H,34,37)/t27-/m1/s1. The fourth-order valence-electron chi connectivity index (χ4n) is 4.68. The summed E-state index contributed by atoms with van der Waals surface area (Å²) in [4.78, 5) is 29.2. The number of carbonyl (C=O) groups is 2. The molecule has 1 N–H and O–H groups in total. The van der Waals surface area contributed by atoms with Gasteiger partial charge >= 0.3 is 0 Å². The van der Waals surface area contributed by atoms with Crippen molar-refractivity contribution in [3.05, 3.63) is 104 Å². The zero-order chi connectivity index (χ0) is 26.4. The van der Waals surface area contributed by atoms with E-state index in [2.05, 4.69) is 5.32 Å². The molecule has 3 aromatic rings. The first-order chi connectivity index (χ1) is 17.8. The summed E-state index contributed by atoms with van der Waals surface area (Å²) in [5.74, 6) is -0.356. The van der Waals surface area contributed by atoms with E-state index in [9.17, 15) is 9.59 Å². The van der Waals surface area contributed by atoms with Crippen LogP contribution in [0.25, 0.3) is 0 Å². The van der Waals surface area contributed by atoms with Crippen molar-refractivity contribution in [2.45, 2.75) is 57.2 Å². The molecule has 0 unspecified atom stereocenters. The maximum absolute atomic E-state index is 13.8. The van der Waals surface area contributed by atoms with Gasteiger partial charge in [0.1, 0.15) is 6.04 Å². The number of hydrogen-bond acceptors (Lipinski definition) is 2. The van der Waals surface area contributed by atoms with Crippen molar-refractivity contribution in [2.75, 3.05) is 0 Å². The Labute approximate surface area is 237 Å². The monoisotopic (exact) mass is 576 g/mol. The molecule has 1 aliphatic carbocycles. The molecule has 0 heterocycles. The van der Waals surface area contributed by atoms with E-state index >= 15 is 0 Å². The van der Waals surface area contributed by atoms with Crippen molar-refractivity contribution in [2.24, 2.45) is 0 Å². The number of amides is 2. The van der Waals surface area contributed by atoms with Crippen LogP contribution in [-0.4, -0.2) is 28.8 Å². The molecule has 4 nitrogen and oxygen atoms in total. The number of halogens is 4. The maximum atomic E-state index is 13.8. The van der Waals surface area contributed by atoms with Gasteiger partial charge in [0.25, 0.3) is 0 Å². The van der Waals surface area contributed by atoms with E-state index in [1.54, 1.807) is 35.2 Å². The molecular formula is C29H28Cl4N2O2. The number of hydrogen-bond donors (Lipinski definition) is 1. The Balaban J connectivity index is 1.68. The fraction of sp³-hybridized carbons (Fsp3) is 0.310. The van der Waals surface area contributed by atoms with E-state index in [1.165, 1.54) is 0 Å². The fourth-order valence-corrected chi connectivity index (χ4v) is 5.32. The molecule has 1 fully saturated rings. The number of carbonyl (C=O) groups excluding carboxylic acids is 2. The first kappa shape index (κ1) is 27.8. The first-order valence-electron chi connectivity index (χ1n) is 12.3. The molecule has 0 aliphatic heterocycles. The van der Waals surface area contributed by atoms with Gasteiger partial charge in [-0.25, -0.2) is 0 Å². The molecule has 0 radical (unpaired) electrons. The lowest BCUT2D eigenvalue weighted by atomic mass is 10.0. The Kier molecular flexibility index (Phi) is 9.77. The molecule has 0 saturated heterocycles. The average Bonchev–Trinajstić information content (AvgIpc) is 3.39. The Bertz CT molecular complexity index is 1250. The first-order valence-corrected chi connectivity index (χ1v) is 13.8. The highest BCUT2D eigenvalue weighted by molar-refractivity contribution is 6.42. The number of nitrogens with zero attached hydrogens (tertiary/aromatic N) is 1. The SMILES string of the molecule is O=C(NC1CCCC1)[C@@H](Cc1ccccc1)N(Cc1ccc(Cl)c(Cl)c1)C(=O)Cc1ccc(Cl)c(Cl)c1. The van der Waals surface area contributed by atoms with Gasteiger partial charge in [0.05, 0.1) is 26.5 Å². The van der Waals surface area contributed by atoms with Crippen LogP contribution in [0.15, 0.2) is 66.7 Å². The van der Waals surface area contributed by atoms with Crippen LogP contribution in [0.3, 0.4) is 0 Å². The lowest BCUT2D eigenvalue weighted by molar-refractivity contribution is -0.141. The Morgan fingerprint density at radius 1 is 0.784 bits per heavy atom. The van der Waals surface area contributed by atoms with Crippen LogP contribution in [0.1, 0.15) is 42.4 Å². The lowest BCUT2D eigenvalue weighted by Gasteiger charge is -2.32. The average molecular weight is 578 g/mol. The van der Waals surface area contributed by atoms with Gasteiger partial charge < -0.3 is 10.2 Å². The van der Waals surface area contributed by atoms with E-state index < -0.39 is 6.04 Å². The Hall–Kier alpha value is -2.24. The minimum Gasteiger partial charge on any atom is -0.352 e. The Morgan fingerprint density at radius 3 is 2.00 bits per heavy atom. The third-order valence-corrected chi connectivity index (χ3v) is 8.13. The summed E-state index contributed by atoms with van der Waals surface area (Å²) in [5, 5.41) is 4.82. The third-order valence-electron chi connectivity index (χ3n) is 6.65. The van der Waals surface area contributed by atoms with Crippen LogP contribution >= 0.6 is 46.4 Å². The minimum atomic E-state index is -0.715. The van der Waals surface area contributed by atoms with Gasteiger partial charge in [0, 0.05) is 19.0 Å². The van der Waals surface area contributed by atoms with Gasteiger partial charge in [-0.3, -0.25) is 9.59 Å². The summed E-state index contributed by atoms with van der Waals surface area (Å²) in [6, 6.07) is 19.5. The molecule has 37 heavy (non-hydrogen) atoms. The minimum absolute atomic E-state index is 0.0697. The molecule has 1 atom stereocenters. The van der Waals surface area contributed by atoms with Crippen LogP contribution in [0.4, 0.5) is 0 Å². The summed E-state index contributed by atoms with van der Waals surface area (Å²) in [5.41, 5.74) is 2.47. The number of benzene rings is 3. The van der Waals surface area contributed by atoms with Crippen molar-refractivity contribution in [1.29, 1.82) is 0 Å². The largest absolute Gasteiger partial charge is 0.352 e. The van der Waals surface area contributed by atoms with E-state index in [0.717, 1.165) is 36.8 Å². The molecule has 4 rings (SSSR count). The topological polar surface area (TPSA) is 49.4 Å². The van der Waals surface area contributed by atoms with Crippen molar-refractivity contribution >= 4 is 58.2 Å². The predicted molar refractivity (Wildman–Crippen MR) is 152 cm³/mol. The number of rotatable bonds is 9. The van der Waals surface area contributed by atoms with E-state index in [4.69, 9.17) is 46.4 Å². The predicted octanol–water partition coefficient (Wildman–Crippen LogP) is 7.54. The van der Waals surface area contributed by atoms with Crippen LogP contribution < -0.4 is 5.32 Å². The second kappa shape index (κ2) is 13.0. The van der Waals surface area contributed by atoms with Gasteiger partial charge in [-0.1, -0.05) is 102 Å². The lowest BCUT2D eigenvalue weighted by Crippen LogP contribution is -2.52. The zero-order valence-electron chi connectivity index (χ0n) is 20.2. The van der Waals surface area contributed by atoms with E-state index in [1.807, 2.05) is 36.4 Å². The van der Waals surface area contributed by atoms with Crippen molar-refractivity contribution in [3.8, 4) is 0 Å². The van der Waals surface area contributed by atoms with Crippen LogP contribution in [0.5, 0.6) is 0 Å². The Morgan fingerprint density at radius 2 is 1.38 bits per heavy atom. The van der Waals surface area contributed by atoms with Crippen molar-refractivity contribution in [1.82, 2.24) is 10.2 Å². The molecule has 0 spiro atoms. The molecule has 194 valence electrons. The van der Waals surface area contributed by atoms with Gasteiger partial charge in [-0.05, 0) is 53.8 Å².